The van der Waals surface area contributed by atoms with Gasteiger partial charge < -0.3 is 4.90 Å². The summed E-state index contributed by atoms with van der Waals surface area (Å²) in [6.45, 7) is 4.81. The second-order valence-electron chi connectivity index (χ2n) is 7.68. The molecule has 1 aromatic heterocycles. The van der Waals surface area contributed by atoms with Crippen LogP contribution in [0.3, 0.4) is 0 Å². The molecule has 0 fully saturated rings. The van der Waals surface area contributed by atoms with Crippen molar-refractivity contribution in [2.45, 2.75) is 30.7 Å². The Balaban J connectivity index is 1.49. The first-order chi connectivity index (χ1) is 14.6. The first-order valence-electron chi connectivity index (χ1n) is 10.2. The van der Waals surface area contributed by atoms with Gasteiger partial charge in [0, 0.05) is 17.9 Å². The third-order valence-electron chi connectivity index (χ3n) is 5.61. The first kappa shape index (κ1) is 18.9. The highest BCUT2D eigenvalue weighted by Crippen LogP contribution is 2.34. The fraction of sp³-hybridized carbons (Fsp3) is 0.200. The van der Waals surface area contributed by atoms with E-state index in [4.69, 9.17) is 4.98 Å². The van der Waals surface area contributed by atoms with Gasteiger partial charge in [0.2, 0.25) is 5.91 Å². The maximum atomic E-state index is 13.3. The van der Waals surface area contributed by atoms with Gasteiger partial charge in [0.05, 0.1) is 16.3 Å². The van der Waals surface area contributed by atoms with Crippen molar-refractivity contribution in [1.82, 2.24) is 9.55 Å². The highest BCUT2D eigenvalue weighted by molar-refractivity contribution is 8.00. The molecule has 0 bridgehead atoms. The average molecular weight is 414 g/mol. The Hall–Kier alpha value is -3.05. The topological polar surface area (TPSA) is 38.1 Å². The number of rotatable bonds is 4. The number of hydrogen-bond acceptors (Lipinski definition) is 3. The van der Waals surface area contributed by atoms with Gasteiger partial charge in [-0.1, -0.05) is 59.8 Å². The van der Waals surface area contributed by atoms with Crippen LogP contribution in [-0.4, -0.2) is 27.3 Å². The predicted octanol–water partition coefficient (Wildman–Crippen LogP) is 5.40. The Morgan fingerprint density at radius 3 is 2.57 bits per heavy atom. The zero-order chi connectivity index (χ0) is 20.7. The molecule has 0 N–H and O–H groups in total. The minimum Gasteiger partial charge on any atom is -0.311 e. The summed E-state index contributed by atoms with van der Waals surface area (Å²) in [6, 6.07) is 24.7. The molecule has 4 nitrogen and oxygen atoms in total. The lowest BCUT2D eigenvalue weighted by atomic mass is 10.2. The number of thioether (sulfide) groups is 1. The van der Waals surface area contributed by atoms with Gasteiger partial charge in [-0.2, -0.15) is 0 Å². The SMILES string of the molecule is Cc1ccc(-n2c(S[C@@H](C)C(=O)N3CCc4ccccc43)nc3ccccc32)cc1. The molecular weight excluding hydrogens is 390 g/mol. The van der Waals surface area contributed by atoms with E-state index in [0.717, 1.165) is 40.5 Å². The zero-order valence-corrected chi connectivity index (χ0v) is 17.9. The molecule has 1 atom stereocenters. The number of carbonyl (C=O) groups is 1. The van der Waals surface area contributed by atoms with Crippen LogP contribution in [0.25, 0.3) is 16.7 Å². The van der Waals surface area contributed by atoms with Crippen LogP contribution in [0, 0.1) is 6.92 Å². The molecule has 1 aliphatic rings. The van der Waals surface area contributed by atoms with E-state index >= 15 is 0 Å². The van der Waals surface area contributed by atoms with Gasteiger partial charge in [-0.3, -0.25) is 9.36 Å². The van der Waals surface area contributed by atoms with Crippen LogP contribution in [0.4, 0.5) is 5.69 Å². The summed E-state index contributed by atoms with van der Waals surface area (Å²) in [7, 11) is 0. The number of nitrogens with zero attached hydrogens (tertiary/aromatic N) is 3. The number of para-hydroxylation sites is 3. The van der Waals surface area contributed by atoms with Crippen LogP contribution >= 0.6 is 11.8 Å². The molecule has 1 amide bonds. The summed E-state index contributed by atoms with van der Waals surface area (Å²) in [5, 5.41) is 0.602. The van der Waals surface area contributed by atoms with Crippen LogP contribution in [0.1, 0.15) is 18.1 Å². The molecule has 0 saturated heterocycles. The monoisotopic (exact) mass is 413 g/mol. The molecule has 0 aliphatic carbocycles. The Morgan fingerprint density at radius 1 is 1.00 bits per heavy atom. The van der Waals surface area contributed by atoms with Crippen molar-refractivity contribution in [2.24, 2.45) is 0 Å². The van der Waals surface area contributed by atoms with Crippen LogP contribution in [0.15, 0.2) is 78.0 Å². The molecule has 0 saturated carbocycles. The summed E-state index contributed by atoms with van der Waals surface area (Å²) in [4.78, 5) is 20.1. The normalized spacial score (nSPS) is 14.1. The van der Waals surface area contributed by atoms with Crippen molar-refractivity contribution in [3.8, 4) is 5.69 Å². The highest BCUT2D eigenvalue weighted by Gasteiger charge is 2.29. The highest BCUT2D eigenvalue weighted by atomic mass is 32.2. The van der Waals surface area contributed by atoms with Gasteiger partial charge in [-0.15, -0.1) is 0 Å². The summed E-state index contributed by atoms with van der Waals surface area (Å²) in [5.74, 6) is 0.132. The van der Waals surface area contributed by atoms with Gasteiger partial charge in [-0.05, 0) is 56.2 Å². The van der Waals surface area contributed by atoms with Crippen molar-refractivity contribution < 1.29 is 4.79 Å². The number of imidazole rings is 1. The number of aryl methyl sites for hydroxylation is 1. The molecule has 0 radical (unpaired) electrons. The van der Waals surface area contributed by atoms with Gasteiger partial charge >= 0.3 is 0 Å². The molecule has 5 rings (SSSR count). The largest absolute Gasteiger partial charge is 0.311 e. The van der Waals surface area contributed by atoms with Crippen LogP contribution in [-0.2, 0) is 11.2 Å². The third kappa shape index (κ3) is 3.29. The van der Waals surface area contributed by atoms with Crippen LogP contribution in [0.5, 0.6) is 0 Å². The lowest BCUT2D eigenvalue weighted by molar-refractivity contribution is -0.117. The molecule has 0 unspecified atom stereocenters. The lowest BCUT2D eigenvalue weighted by Gasteiger charge is -2.21. The lowest BCUT2D eigenvalue weighted by Crippen LogP contribution is -2.35. The number of aromatic nitrogens is 2. The van der Waals surface area contributed by atoms with E-state index in [1.54, 1.807) is 0 Å². The quantitative estimate of drug-likeness (QED) is 0.420. The van der Waals surface area contributed by atoms with E-state index in [2.05, 4.69) is 47.9 Å². The number of carbonyl (C=O) groups excluding carboxylic acids is 1. The summed E-state index contributed by atoms with van der Waals surface area (Å²) >= 11 is 1.53. The van der Waals surface area contributed by atoms with Gasteiger partial charge in [-0.25, -0.2) is 4.98 Å². The van der Waals surface area contributed by atoms with Crippen molar-refractivity contribution in [2.75, 3.05) is 11.4 Å². The second kappa shape index (κ2) is 7.65. The molecular formula is C25H23N3OS. The second-order valence-corrected chi connectivity index (χ2v) is 8.99. The summed E-state index contributed by atoms with van der Waals surface area (Å²) in [6.07, 6.45) is 0.918. The Kier molecular flexibility index (Phi) is 4.83. The fourth-order valence-corrected chi connectivity index (χ4v) is 5.03. The number of benzene rings is 3. The third-order valence-corrected chi connectivity index (χ3v) is 6.65. The fourth-order valence-electron chi connectivity index (χ4n) is 4.02. The van der Waals surface area contributed by atoms with E-state index in [1.807, 2.05) is 48.2 Å². The standard InChI is InChI=1S/C25H23N3OS/c1-17-11-13-20(14-12-17)28-23-10-6-4-8-21(23)26-25(28)30-18(2)24(29)27-16-15-19-7-3-5-9-22(19)27/h3-14,18H,15-16H2,1-2H3/t18-/m0/s1. The summed E-state index contributed by atoms with van der Waals surface area (Å²) < 4.78 is 2.15. The molecule has 4 aromatic rings. The molecule has 30 heavy (non-hydrogen) atoms. The van der Waals surface area contributed by atoms with Crippen LogP contribution in [0.2, 0.25) is 0 Å². The summed E-state index contributed by atoms with van der Waals surface area (Å²) in [5.41, 5.74) is 6.55. The molecule has 1 aliphatic heterocycles. The smallest absolute Gasteiger partial charge is 0.240 e. The van der Waals surface area contributed by atoms with E-state index in [9.17, 15) is 4.79 Å². The van der Waals surface area contributed by atoms with E-state index < -0.39 is 0 Å². The van der Waals surface area contributed by atoms with Gasteiger partial charge in [0.1, 0.15) is 0 Å². The van der Waals surface area contributed by atoms with Crippen molar-refractivity contribution in [3.63, 3.8) is 0 Å². The molecule has 150 valence electrons. The minimum absolute atomic E-state index is 0.132. The molecule has 5 heteroatoms. The molecule has 3 aromatic carbocycles. The number of hydrogen-bond donors (Lipinski definition) is 0. The van der Waals surface area contributed by atoms with E-state index in [1.165, 1.54) is 22.9 Å². The maximum Gasteiger partial charge on any atom is 0.240 e. The van der Waals surface area contributed by atoms with E-state index in [0.29, 0.717) is 0 Å². The van der Waals surface area contributed by atoms with Crippen LogP contribution < -0.4 is 4.90 Å². The van der Waals surface area contributed by atoms with Crippen molar-refractivity contribution in [3.05, 3.63) is 83.9 Å². The molecule has 2 heterocycles. The Morgan fingerprint density at radius 2 is 1.73 bits per heavy atom. The predicted molar refractivity (Wildman–Crippen MR) is 124 cm³/mol. The Bertz CT molecular complexity index is 1230. The Labute approximate surface area is 180 Å². The van der Waals surface area contributed by atoms with Gasteiger partial charge in [0.25, 0.3) is 0 Å². The number of anilines is 1. The number of fused-ring (bicyclic) bond motifs is 2. The average Bonchev–Trinajstić information content (AvgIpc) is 3.35. The maximum absolute atomic E-state index is 13.3. The first-order valence-corrected chi connectivity index (χ1v) is 11.1. The zero-order valence-electron chi connectivity index (χ0n) is 17.1. The van der Waals surface area contributed by atoms with E-state index in [-0.39, 0.29) is 11.2 Å². The molecule has 0 spiro atoms. The minimum atomic E-state index is -0.239. The number of amides is 1. The van der Waals surface area contributed by atoms with Crippen molar-refractivity contribution >= 4 is 34.4 Å². The van der Waals surface area contributed by atoms with Crippen molar-refractivity contribution in [1.29, 1.82) is 0 Å². The van der Waals surface area contributed by atoms with Gasteiger partial charge in [0.15, 0.2) is 5.16 Å².